The average molecular weight is 527 g/mol. The van der Waals surface area contributed by atoms with Gasteiger partial charge in [-0.3, -0.25) is 4.79 Å². The minimum Gasteiger partial charge on any atom is -0.378 e. The number of aromatic nitrogens is 3. The number of carbonyl (C=O) groups is 1. The van der Waals surface area contributed by atoms with Crippen molar-refractivity contribution in [1.82, 2.24) is 14.8 Å². The minimum atomic E-state index is -0.288. The standard InChI is InChI=1S/C25H27FN6O2S2/c26-16-7-9-17(10-8-16)28-13-22-30-31-25(32(22)14-18-4-3-11-34-18)35-15-23(33)29-24-20(12-27)19-5-1-2-6-21(19)36-24/h7-10,18,28H,1-6,11,13-15H2,(H,29,33). The molecule has 1 aromatic carbocycles. The first-order valence-corrected chi connectivity index (χ1v) is 13.9. The number of carbonyl (C=O) groups excluding carboxylic acids is 1. The van der Waals surface area contributed by atoms with Gasteiger partial charge < -0.3 is 19.9 Å². The number of thioether (sulfide) groups is 1. The van der Waals surface area contributed by atoms with E-state index in [1.165, 1.54) is 40.1 Å². The molecule has 188 valence electrons. The van der Waals surface area contributed by atoms with Gasteiger partial charge >= 0.3 is 0 Å². The molecule has 2 aromatic heterocycles. The average Bonchev–Trinajstić information content (AvgIpc) is 3.62. The Balaban J connectivity index is 1.26. The lowest BCUT2D eigenvalue weighted by atomic mass is 9.96. The SMILES string of the molecule is N#Cc1c(NC(=O)CSc2nnc(CNc3ccc(F)cc3)n2CC2CCCO2)sc2c1CCCC2. The fourth-order valence-electron chi connectivity index (χ4n) is 4.55. The van der Waals surface area contributed by atoms with Crippen molar-refractivity contribution < 1.29 is 13.9 Å². The molecule has 0 bridgehead atoms. The number of fused-ring (bicyclic) bond motifs is 1. The molecule has 1 aliphatic heterocycles. The number of hydrogen-bond donors (Lipinski definition) is 2. The van der Waals surface area contributed by atoms with Crippen LogP contribution in [0.1, 0.15) is 47.5 Å². The second-order valence-corrected chi connectivity index (χ2v) is 10.9. The van der Waals surface area contributed by atoms with Crippen LogP contribution in [0.3, 0.4) is 0 Å². The van der Waals surface area contributed by atoms with E-state index in [0.717, 1.165) is 62.2 Å². The van der Waals surface area contributed by atoms with E-state index < -0.39 is 0 Å². The van der Waals surface area contributed by atoms with Gasteiger partial charge in [0.05, 0.1) is 30.5 Å². The summed E-state index contributed by atoms with van der Waals surface area (Å²) in [6.07, 6.45) is 6.15. The van der Waals surface area contributed by atoms with Crippen molar-refractivity contribution in [3.63, 3.8) is 0 Å². The Kier molecular flexibility index (Phi) is 7.84. The van der Waals surface area contributed by atoms with Crippen molar-refractivity contribution in [3.05, 3.63) is 51.9 Å². The van der Waals surface area contributed by atoms with E-state index in [2.05, 4.69) is 26.9 Å². The van der Waals surface area contributed by atoms with Gasteiger partial charge in [0.1, 0.15) is 16.9 Å². The van der Waals surface area contributed by atoms with E-state index in [0.29, 0.717) is 28.8 Å². The number of thiophene rings is 1. The van der Waals surface area contributed by atoms with Crippen LogP contribution in [0.15, 0.2) is 29.4 Å². The largest absolute Gasteiger partial charge is 0.378 e. The lowest BCUT2D eigenvalue weighted by Gasteiger charge is -2.15. The van der Waals surface area contributed by atoms with Gasteiger partial charge in [-0.05, 0) is 68.4 Å². The van der Waals surface area contributed by atoms with E-state index in [1.54, 1.807) is 12.1 Å². The predicted octanol–water partition coefficient (Wildman–Crippen LogP) is 4.75. The van der Waals surface area contributed by atoms with E-state index >= 15 is 0 Å². The van der Waals surface area contributed by atoms with Gasteiger partial charge in [-0.1, -0.05) is 11.8 Å². The van der Waals surface area contributed by atoms with Crippen LogP contribution < -0.4 is 10.6 Å². The summed E-state index contributed by atoms with van der Waals surface area (Å²) in [5, 5.41) is 25.8. The molecule has 11 heteroatoms. The molecule has 1 fully saturated rings. The van der Waals surface area contributed by atoms with Crippen LogP contribution in [0, 0.1) is 17.1 Å². The highest BCUT2D eigenvalue weighted by atomic mass is 32.2. The molecule has 0 radical (unpaired) electrons. The van der Waals surface area contributed by atoms with E-state index in [4.69, 9.17) is 4.74 Å². The molecule has 8 nitrogen and oxygen atoms in total. The van der Waals surface area contributed by atoms with Crippen molar-refractivity contribution in [3.8, 4) is 6.07 Å². The highest BCUT2D eigenvalue weighted by molar-refractivity contribution is 7.99. The molecule has 36 heavy (non-hydrogen) atoms. The van der Waals surface area contributed by atoms with Crippen LogP contribution in [0.5, 0.6) is 0 Å². The number of anilines is 2. The maximum absolute atomic E-state index is 13.2. The number of halogens is 1. The summed E-state index contributed by atoms with van der Waals surface area (Å²) in [6, 6.07) is 8.44. The fourth-order valence-corrected chi connectivity index (χ4v) is 6.57. The molecule has 2 N–H and O–H groups in total. The molecule has 1 atom stereocenters. The van der Waals surface area contributed by atoms with Crippen molar-refractivity contribution >= 4 is 39.7 Å². The number of amides is 1. The number of nitrogens with zero attached hydrogens (tertiary/aromatic N) is 4. The third-order valence-corrected chi connectivity index (χ3v) is 8.54. The smallest absolute Gasteiger partial charge is 0.235 e. The number of aryl methyl sites for hydroxylation is 1. The first-order chi connectivity index (χ1) is 17.6. The zero-order valence-corrected chi connectivity index (χ0v) is 21.4. The molecule has 0 saturated carbocycles. The summed E-state index contributed by atoms with van der Waals surface area (Å²) in [5.41, 5.74) is 2.50. The summed E-state index contributed by atoms with van der Waals surface area (Å²) >= 11 is 2.84. The Morgan fingerprint density at radius 3 is 2.86 bits per heavy atom. The van der Waals surface area contributed by atoms with Gasteiger partial charge in [-0.2, -0.15) is 5.26 Å². The monoisotopic (exact) mass is 526 g/mol. The quantitative estimate of drug-likeness (QED) is 0.388. The molecular weight excluding hydrogens is 499 g/mol. The maximum Gasteiger partial charge on any atom is 0.235 e. The Morgan fingerprint density at radius 1 is 1.25 bits per heavy atom. The van der Waals surface area contributed by atoms with Crippen LogP contribution in [0.4, 0.5) is 15.1 Å². The molecule has 3 aromatic rings. The minimum absolute atomic E-state index is 0.0781. The maximum atomic E-state index is 13.2. The second-order valence-electron chi connectivity index (χ2n) is 8.87. The number of nitrogens with one attached hydrogen (secondary N) is 2. The number of rotatable bonds is 9. The number of ether oxygens (including phenoxy) is 1. The summed E-state index contributed by atoms with van der Waals surface area (Å²) in [7, 11) is 0. The molecule has 1 saturated heterocycles. The van der Waals surface area contributed by atoms with Gasteiger partial charge in [-0.15, -0.1) is 21.5 Å². The predicted molar refractivity (Wildman–Crippen MR) is 138 cm³/mol. The molecule has 1 amide bonds. The first-order valence-electron chi connectivity index (χ1n) is 12.1. The zero-order valence-electron chi connectivity index (χ0n) is 19.8. The Morgan fingerprint density at radius 2 is 2.08 bits per heavy atom. The molecule has 3 heterocycles. The molecular formula is C25H27FN6O2S2. The van der Waals surface area contributed by atoms with Crippen LogP contribution in [-0.4, -0.2) is 39.1 Å². The van der Waals surface area contributed by atoms with Crippen molar-refractivity contribution in [2.24, 2.45) is 0 Å². The van der Waals surface area contributed by atoms with Gasteiger partial charge in [0.25, 0.3) is 0 Å². The van der Waals surface area contributed by atoms with Crippen LogP contribution >= 0.6 is 23.1 Å². The summed E-state index contributed by atoms with van der Waals surface area (Å²) < 4.78 is 21.0. The number of hydrogen-bond acceptors (Lipinski definition) is 8. The number of benzene rings is 1. The summed E-state index contributed by atoms with van der Waals surface area (Å²) in [6.45, 7) is 1.75. The third kappa shape index (κ3) is 5.72. The Hall–Kier alpha value is -2.94. The van der Waals surface area contributed by atoms with Gasteiger partial charge in [0, 0.05) is 17.2 Å². The van der Waals surface area contributed by atoms with Crippen molar-refractivity contribution in [2.45, 2.75) is 62.9 Å². The highest BCUT2D eigenvalue weighted by Crippen LogP contribution is 2.37. The Bertz CT molecular complexity index is 1260. The topological polar surface area (TPSA) is 105 Å². The molecule has 1 aliphatic carbocycles. The lowest BCUT2D eigenvalue weighted by molar-refractivity contribution is -0.113. The molecule has 5 rings (SSSR count). The third-order valence-electron chi connectivity index (χ3n) is 6.37. The zero-order chi connectivity index (χ0) is 24.9. The normalized spacial score (nSPS) is 16.9. The Labute approximate surface area is 217 Å². The first kappa shape index (κ1) is 24.7. The van der Waals surface area contributed by atoms with Crippen LogP contribution in [0.2, 0.25) is 0 Å². The second kappa shape index (κ2) is 11.4. The molecule has 0 spiro atoms. The van der Waals surface area contributed by atoms with Gasteiger partial charge in [0.2, 0.25) is 5.91 Å². The van der Waals surface area contributed by atoms with E-state index in [-0.39, 0.29) is 23.6 Å². The fraction of sp³-hybridized carbons (Fsp3) is 0.440. The van der Waals surface area contributed by atoms with Crippen molar-refractivity contribution in [2.75, 3.05) is 23.0 Å². The van der Waals surface area contributed by atoms with Gasteiger partial charge in [0.15, 0.2) is 11.0 Å². The van der Waals surface area contributed by atoms with Gasteiger partial charge in [-0.25, -0.2) is 4.39 Å². The van der Waals surface area contributed by atoms with E-state index in [9.17, 15) is 14.4 Å². The number of nitriles is 1. The lowest BCUT2D eigenvalue weighted by Crippen LogP contribution is -2.20. The summed E-state index contributed by atoms with van der Waals surface area (Å²) in [4.78, 5) is 14.0. The van der Waals surface area contributed by atoms with Crippen molar-refractivity contribution in [1.29, 1.82) is 5.26 Å². The molecule has 2 aliphatic rings. The van der Waals surface area contributed by atoms with E-state index in [1.807, 2.05) is 4.57 Å². The van der Waals surface area contributed by atoms with Crippen LogP contribution in [-0.2, 0) is 35.5 Å². The van der Waals surface area contributed by atoms with Crippen LogP contribution in [0.25, 0.3) is 0 Å². The molecule has 1 unspecified atom stereocenters. The summed E-state index contributed by atoms with van der Waals surface area (Å²) in [5.74, 6) is 0.412. The highest BCUT2D eigenvalue weighted by Gasteiger charge is 2.24.